The number of nitrogens with zero attached hydrogens (tertiary/aromatic N) is 2. The third-order valence-electron chi connectivity index (χ3n) is 4.67. The van der Waals surface area contributed by atoms with Crippen molar-refractivity contribution in [3.63, 3.8) is 0 Å². The Balaban J connectivity index is 1.58. The topological polar surface area (TPSA) is 69.7 Å². The molecule has 156 valence electrons. The molecule has 0 bridgehead atoms. The van der Waals surface area contributed by atoms with Crippen LogP contribution < -0.4 is 5.32 Å². The first kappa shape index (κ1) is 22.0. The Morgan fingerprint density at radius 1 is 1.10 bits per heavy atom. The van der Waals surface area contributed by atoms with Crippen LogP contribution >= 0.6 is 23.2 Å². The Morgan fingerprint density at radius 3 is 2.45 bits per heavy atom. The highest BCUT2D eigenvalue weighted by Crippen LogP contribution is 2.28. The first-order valence-electron chi connectivity index (χ1n) is 8.90. The average molecular weight is 460 g/mol. The molecule has 2 aromatic rings. The summed E-state index contributed by atoms with van der Waals surface area (Å²) in [5, 5.41) is 3.05. The maximum Gasteiger partial charge on any atom is 0.244 e. The van der Waals surface area contributed by atoms with Crippen LogP contribution in [0.15, 0.2) is 41.3 Å². The van der Waals surface area contributed by atoms with E-state index in [9.17, 15) is 17.6 Å². The molecule has 0 saturated carbocycles. The normalized spacial score (nSPS) is 16.0. The minimum absolute atomic E-state index is 0.0285. The van der Waals surface area contributed by atoms with Crippen LogP contribution in [-0.4, -0.2) is 56.3 Å². The van der Waals surface area contributed by atoms with E-state index in [0.717, 1.165) is 0 Å². The zero-order chi connectivity index (χ0) is 21.2. The van der Waals surface area contributed by atoms with E-state index in [1.807, 2.05) is 4.90 Å². The van der Waals surface area contributed by atoms with Gasteiger partial charge in [-0.3, -0.25) is 9.69 Å². The van der Waals surface area contributed by atoms with Gasteiger partial charge in [0.15, 0.2) is 0 Å². The summed E-state index contributed by atoms with van der Waals surface area (Å²) in [6.45, 7) is 2.93. The lowest BCUT2D eigenvalue weighted by molar-refractivity contribution is -0.117. The Kier molecular flexibility index (Phi) is 6.80. The molecule has 1 saturated heterocycles. The van der Waals surface area contributed by atoms with Gasteiger partial charge in [0.2, 0.25) is 15.9 Å². The standard InChI is InChI=1S/C19H20Cl2FN3O3S/c1-13-2-4-15(11-17(13)22)23-19(26)12-24-6-8-25(9-7-24)29(27,28)18-10-14(20)3-5-16(18)21/h2-5,10-11H,6-9,12H2,1H3,(H,23,26). The van der Waals surface area contributed by atoms with Gasteiger partial charge in [-0.25, -0.2) is 12.8 Å². The minimum Gasteiger partial charge on any atom is -0.325 e. The number of nitrogens with one attached hydrogen (secondary N) is 1. The molecule has 0 aromatic heterocycles. The van der Waals surface area contributed by atoms with Crippen molar-refractivity contribution in [1.29, 1.82) is 0 Å². The van der Waals surface area contributed by atoms with Crippen LogP contribution in [0.25, 0.3) is 0 Å². The van der Waals surface area contributed by atoms with Crippen molar-refractivity contribution in [3.05, 3.63) is 57.8 Å². The van der Waals surface area contributed by atoms with Crippen LogP contribution in [0.1, 0.15) is 5.56 Å². The lowest BCUT2D eigenvalue weighted by atomic mass is 10.2. The number of amides is 1. The maximum absolute atomic E-state index is 13.6. The third kappa shape index (κ3) is 5.26. The zero-order valence-corrected chi connectivity index (χ0v) is 18.0. The Labute approximate surface area is 179 Å². The molecule has 1 heterocycles. The van der Waals surface area contributed by atoms with Crippen LogP contribution in [0.2, 0.25) is 10.0 Å². The van der Waals surface area contributed by atoms with Crippen molar-refractivity contribution < 1.29 is 17.6 Å². The molecule has 1 aliphatic heterocycles. The lowest BCUT2D eigenvalue weighted by Crippen LogP contribution is -2.50. The molecular formula is C19H20Cl2FN3O3S. The fourth-order valence-electron chi connectivity index (χ4n) is 3.02. The molecule has 0 unspecified atom stereocenters. The highest BCUT2D eigenvalue weighted by molar-refractivity contribution is 7.89. The first-order chi connectivity index (χ1) is 13.7. The van der Waals surface area contributed by atoms with Gasteiger partial charge >= 0.3 is 0 Å². The molecule has 6 nitrogen and oxygen atoms in total. The van der Waals surface area contributed by atoms with Crippen molar-refractivity contribution in [2.24, 2.45) is 0 Å². The monoisotopic (exact) mass is 459 g/mol. The number of hydrogen-bond donors (Lipinski definition) is 1. The molecule has 0 aliphatic carbocycles. The summed E-state index contributed by atoms with van der Waals surface area (Å²) in [5.74, 6) is -0.677. The second kappa shape index (κ2) is 8.97. The summed E-state index contributed by atoms with van der Waals surface area (Å²) in [5.41, 5.74) is 0.884. The van der Waals surface area contributed by atoms with Crippen LogP contribution in [0.3, 0.4) is 0 Å². The van der Waals surface area contributed by atoms with Crippen molar-refractivity contribution in [2.45, 2.75) is 11.8 Å². The van der Waals surface area contributed by atoms with E-state index in [1.165, 1.54) is 28.6 Å². The van der Waals surface area contributed by atoms with Crippen LogP contribution in [0, 0.1) is 12.7 Å². The van der Waals surface area contributed by atoms with E-state index in [0.29, 0.717) is 24.3 Å². The molecule has 10 heteroatoms. The number of carbonyl (C=O) groups excluding carboxylic acids is 1. The molecule has 0 atom stereocenters. The van der Waals surface area contributed by atoms with E-state index in [-0.39, 0.29) is 46.3 Å². The summed E-state index contributed by atoms with van der Waals surface area (Å²) in [7, 11) is -3.78. The number of rotatable bonds is 5. The molecule has 1 aliphatic rings. The number of carbonyl (C=O) groups is 1. The molecule has 0 spiro atoms. The second-order valence-corrected chi connectivity index (χ2v) is 9.52. The van der Waals surface area contributed by atoms with Crippen molar-refractivity contribution in [2.75, 3.05) is 38.0 Å². The summed E-state index contributed by atoms with van der Waals surface area (Å²) in [6.07, 6.45) is 0. The lowest BCUT2D eigenvalue weighted by Gasteiger charge is -2.33. The Hall–Kier alpha value is -1.71. The van der Waals surface area contributed by atoms with E-state index >= 15 is 0 Å². The van der Waals surface area contributed by atoms with Gasteiger partial charge in [0, 0.05) is 36.9 Å². The fraction of sp³-hybridized carbons (Fsp3) is 0.316. The molecule has 0 radical (unpaired) electrons. The average Bonchev–Trinajstić information content (AvgIpc) is 2.67. The first-order valence-corrected chi connectivity index (χ1v) is 11.1. The summed E-state index contributed by atoms with van der Waals surface area (Å²) < 4.78 is 40.6. The van der Waals surface area contributed by atoms with Gasteiger partial charge in [-0.2, -0.15) is 4.31 Å². The van der Waals surface area contributed by atoms with E-state index < -0.39 is 10.0 Å². The Bertz CT molecular complexity index is 1030. The van der Waals surface area contributed by atoms with Crippen molar-refractivity contribution >= 4 is 44.8 Å². The second-order valence-electron chi connectivity index (χ2n) is 6.77. The molecule has 1 fully saturated rings. The van der Waals surface area contributed by atoms with Gasteiger partial charge in [-0.05, 0) is 42.8 Å². The van der Waals surface area contributed by atoms with Crippen LogP contribution in [0.4, 0.5) is 10.1 Å². The fourth-order valence-corrected chi connectivity index (χ4v) is 5.18. The smallest absolute Gasteiger partial charge is 0.244 e. The van der Waals surface area contributed by atoms with Crippen molar-refractivity contribution in [3.8, 4) is 0 Å². The number of halogens is 3. The summed E-state index contributed by atoms with van der Waals surface area (Å²) in [4.78, 5) is 14.0. The number of anilines is 1. The van der Waals surface area contributed by atoms with Gasteiger partial charge in [-0.1, -0.05) is 29.3 Å². The summed E-state index contributed by atoms with van der Waals surface area (Å²) in [6, 6.07) is 8.81. The van der Waals surface area contributed by atoms with Gasteiger partial charge in [0.05, 0.1) is 11.6 Å². The molecule has 3 rings (SSSR count). The van der Waals surface area contributed by atoms with Gasteiger partial charge in [-0.15, -0.1) is 0 Å². The highest BCUT2D eigenvalue weighted by atomic mass is 35.5. The number of sulfonamides is 1. The number of benzene rings is 2. The Morgan fingerprint density at radius 2 is 1.79 bits per heavy atom. The molecule has 2 aromatic carbocycles. The molecule has 1 amide bonds. The van der Waals surface area contributed by atoms with Crippen molar-refractivity contribution in [1.82, 2.24) is 9.21 Å². The van der Waals surface area contributed by atoms with Gasteiger partial charge in [0.1, 0.15) is 10.7 Å². The zero-order valence-electron chi connectivity index (χ0n) is 15.7. The largest absolute Gasteiger partial charge is 0.325 e. The SMILES string of the molecule is Cc1ccc(NC(=O)CN2CCN(S(=O)(=O)c3cc(Cl)ccc3Cl)CC2)cc1F. The quantitative estimate of drug-likeness (QED) is 0.743. The summed E-state index contributed by atoms with van der Waals surface area (Å²) >= 11 is 12.0. The van der Waals surface area contributed by atoms with Crippen LogP contribution in [0.5, 0.6) is 0 Å². The molecule has 29 heavy (non-hydrogen) atoms. The predicted molar refractivity (Wildman–Crippen MR) is 111 cm³/mol. The van der Waals surface area contributed by atoms with E-state index in [4.69, 9.17) is 23.2 Å². The number of piperazine rings is 1. The highest BCUT2D eigenvalue weighted by Gasteiger charge is 2.30. The third-order valence-corrected chi connectivity index (χ3v) is 7.28. The van der Waals surface area contributed by atoms with Gasteiger partial charge in [0.25, 0.3) is 0 Å². The number of hydrogen-bond acceptors (Lipinski definition) is 4. The predicted octanol–water partition coefficient (Wildman–Crippen LogP) is 3.39. The molecular weight excluding hydrogens is 440 g/mol. The van der Waals surface area contributed by atoms with Gasteiger partial charge < -0.3 is 5.32 Å². The van der Waals surface area contributed by atoms with Crippen LogP contribution in [-0.2, 0) is 14.8 Å². The van der Waals surface area contributed by atoms with E-state index in [1.54, 1.807) is 19.1 Å². The molecule has 1 N–H and O–H groups in total. The minimum atomic E-state index is -3.78. The van der Waals surface area contributed by atoms with E-state index in [2.05, 4.69) is 5.32 Å². The maximum atomic E-state index is 13.6. The number of aryl methyl sites for hydroxylation is 1.